The Balaban J connectivity index is 1.81. The first-order valence-electron chi connectivity index (χ1n) is 7.00. The van der Waals surface area contributed by atoms with E-state index in [-0.39, 0.29) is 18.9 Å². The van der Waals surface area contributed by atoms with Gasteiger partial charge in [0.15, 0.2) is 0 Å². The van der Waals surface area contributed by atoms with Crippen molar-refractivity contribution < 1.29 is 17.9 Å². The molecule has 0 radical (unpaired) electrons. The lowest BCUT2D eigenvalue weighted by molar-refractivity contribution is -0.117. The number of para-hydroxylation sites is 1. The van der Waals surface area contributed by atoms with E-state index in [4.69, 9.17) is 15.4 Å². The Morgan fingerprint density at radius 1 is 1.04 bits per heavy atom. The highest BCUT2D eigenvalue weighted by Gasteiger charge is 2.38. The fourth-order valence-corrected chi connectivity index (χ4v) is 3.48. The second kappa shape index (κ2) is 6.22. The molecule has 7 heteroatoms. The Morgan fingerprint density at radius 3 is 2.39 bits per heavy atom. The third-order valence-corrected chi connectivity index (χ3v) is 5.46. The number of benzene rings is 2. The number of anilines is 1. The van der Waals surface area contributed by atoms with Gasteiger partial charge in [-0.2, -0.15) is 0 Å². The molecule has 2 aromatic rings. The highest BCUT2D eigenvalue weighted by molar-refractivity contribution is 8.14. The standard InChI is InChI=1S/C16H14ClNO4S/c17-23(20,21)15-10-16(19)18(11-15)12-5-4-8-14(9-12)22-13-6-2-1-3-7-13/h1-9,15H,10-11H2. The summed E-state index contributed by atoms with van der Waals surface area (Å²) < 4.78 is 28.6. The first-order valence-corrected chi connectivity index (χ1v) is 9.37. The molecule has 23 heavy (non-hydrogen) atoms. The SMILES string of the molecule is O=C1CC(S(=O)(=O)Cl)CN1c1cccc(Oc2ccccc2)c1. The second-order valence-corrected chi connectivity index (χ2v) is 8.13. The van der Waals surface area contributed by atoms with E-state index in [1.165, 1.54) is 4.90 Å². The lowest BCUT2D eigenvalue weighted by Gasteiger charge is -2.17. The van der Waals surface area contributed by atoms with Crippen LogP contribution in [0.15, 0.2) is 54.6 Å². The zero-order chi connectivity index (χ0) is 16.4. The van der Waals surface area contributed by atoms with Crippen LogP contribution in [0.25, 0.3) is 0 Å². The molecule has 1 aliphatic heterocycles. The summed E-state index contributed by atoms with van der Waals surface area (Å²) in [5.41, 5.74) is 0.589. The molecule has 1 fully saturated rings. The van der Waals surface area contributed by atoms with Crippen LogP contribution in [0.4, 0.5) is 5.69 Å². The first-order chi connectivity index (χ1) is 10.9. The third kappa shape index (κ3) is 3.65. The smallest absolute Gasteiger partial charge is 0.237 e. The molecule has 1 unspecified atom stereocenters. The summed E-state index contributed by atoms with van der Waals surface area (Å²) >= 11 is 0. The molecule has 0 aromatic heterocycles. The monoisotopic (exact) mass is 351 g/mol. The Hall–Kier alpha value is -2.05. The predicted octanol–water partition coefficient (Wildman–Crippen LogP) is 3.15. The molecule has 2 aromatic carbocycles. The Bertz CT molecular complexity index is 823. The van der Waals surface area contributed by atoms with Crippen molar-refractivity contribution in [2.24, 2.45) is 0 Å². The maximum atomic E-state index is 12.1. The number of hydrogen-bond acceptors (Lipinski definition) is 4. The van der Waals surface area contributed by atoms with Gasteiger partial charge in [0.2, 0.25) is 15.0 Å². The predicted molar refractivity (Wildman–Crippen MR) is 88.5 cm³/mol. The molecule has 120 valence electrons. The molecule has 0 bridgehead atoms. The number of rotatable bonds is 4. The van der Waals surface area contributed by atoms with Crippen LogP contribution in [0, 0.1) is 0 Å². The van der Waals surface area contributed by atoms with Gasteiger partial charge >= 0.3 is 0 Å². The largest absolute Gasteiger partial charge is 0.457 e. The highest BCUT2D eigenvalue weighted by Crippen LogP contribution is 2.30. The van der Waals surface area contributed by atoms with E-state index in [1.54, 1.807) is 24.3 Å². The van der Waals surface area contributed by atoms with Crippen LogP contribution in [-0.2, 0) is 13.8 Å². The number of ether oxygens (including phenoxy) is 1. The van der Waals surface area contributed by atoms with Crippen molar-refractivity contribution in [2.45, 2.75) is 11.7 Å². The number of halogens is 1. The molecule has 1 heterocycles. The molecular weight excluding hydrogens is 338 g/mol. The quantitative estimate of drug-likeness (QED) is 0.794. The number of nitrogens with zero attached hydrogens (tertiary/aromatic N) is 1. The van der Waals surface area contributed by atoms with Gasteiger partial charge in [-0.1, -0.05) is 24.3 Å². The molecule has 0 saturated carbocycles. The van der Waals surface area contributed by atoms with Gasteiger partial charge in [-0.15, -0.1) is 0 Å². The minimum absolute atomic E-state index is 0.0550. The van der Waals surface area contributed by atoms with Crippen molar-refractivity contribution in [3.8, 4) is 11.5 Å². The van der Waals surface area contributed by atoms with Crippen LogP contribution in [0.5, 0.6) is 11.5 Å². The summed E-state index contributed by atoms with van der Waals surface area (Å²) in [5, 5.41) is -0.879. The lowest BCUT2D eigenvalue weighted by Crippen LogP contribution is -2.26. The van der Waals surface area contributed by atoms with E-state index < -0.39 is 14.3 Å². The molecule has 1 saturated heterocycles. The third-order valence-electron chi connectivity index (χ3n) is 3.60. The molecule has 5 nitrogen and oxygen atoms in total. The van der Waals surface area contributed by atoms with Crippen molar-refractivity contribution in [2.75, 3.05) is 11.4 Å². The molecule has 3 rings (SSSR count). The van der Waals surface area contributed by atoms with Gasteiger partial charge < -0.3 is 9.64 Å². The Labute approximate surface area is 138 Å². The summed E-state index contributed by atoms with van der Waals surface area (Å²) in [6.07, 6.45) is -0.102. The van der Waals surface area contributed by atoms with E-state index in [0.29, 0.717) is 17.2 Å². The lowest BCUT2D eigenvalue weighted by atomic mass is 10.2. The fraction of sp³-hybridized carbons (Fsp3) is 0.188. The van der Waals surface area contributed by atoms with E-state index >= 15 is 0 Å². The first kappa shape index (κ1) is 15.8. The van der Waals surface area contributed by atoms with Crippen LogP contribution in [0.2, 0.25) is 0 Å². The van der Waals surface area contributed by atoms with Gasteiger partial charge in [-0.05, 0) is 24.3 Å². The second-order valence-electron chi connectivity index (χ2n) is 5.22. The number of amides is 1. The van der Waals surface area contributed by atoms with Gasteiger partial charge in [-0.3, -0.25) is 4.79 Å². The summed E-state index contributed by atoms with van der Waals surface area (Å²) in [6.45, 7) is 0.0550. The fourth-order valence-electron chi connectivity index (χ4n) is 2.45. The van der Waals surface area contributed by atoms with Crippen molar-refractivity contribution in [3.63, 3.8) is 0 Å². The van der Waals surface area contributed by atoms with Crippen LogP contribution in [0.3, 0.4) is 0 Å². The molecule has 1 atom stereocenters. The number of carbonyl (C=O) groups excluding carboxylic acids is 1. The van der Waals surface area contributed by atoms with Crippen LogP contribution < -0.4 is 9.64 Å². The van der Waals surface area contributed by atoms with Crippen molar-refractivity contribution in [1.29, 1.82) is 0 Å². The van der Waals surface area contributed by atoms with E-state index in [1.807, 2.05) is 30.3 Å². The zero-order valence-electron chi connectivity index (χ0n) is 12.1. The maximum absolute atomic E-state index is 12.1. The minimum Gasteiger partial charge on any atom is -0.457 e. The molecule has 0 N–H and O–H groups in total. The van der Waals surface area contributed by atoms with Gasteiger partial charge in [-0.25, -0.2) is 8.42 Å². The average molecular weight is 352 g/mol. The zero-order valence-corrected chi connectivity index (χ0v) is 13.6. The van der Waals surface area contributed by atoms with Crippen molar-refractivity contribution in [1.82, 2.24) is 0 Å². The van der Waals surface area contributed by atoms with Gasteiger partial charge in [0, 0.05) is 35.4 Å². The molecule has 0 spiro atoms. The van der Waals surface area contributed by atoms with Crippen LogP contribution in [0.1, 0.15) is 6.42 Å². The topological polar surface area (TPSA) is 63.7 Å². The summed E-state index contributed by atoms with van der Waals surface area (Å²) in [5.74, 6) is 0.980. The van der Waals surface area contributed by atoms with E-state index in [2.05, 4.69) is 0 Å². The van der Waals surface area contributed by atoms with Crippen LogP contribution >= 0.6 is 10.7 Å². The van der Waals surface area contributed by atoms with Crippen molar-refractivity contribution in [3.05, 3.63) is 54.6 Å². The molecular formula is C16H14ClNO4S. The average Bonchev–Trinajstić information content (AvgIpc) is 2.91. The Kier molecular flexibility index (Phi) is 4.28. The minimum atomic E-state index is -3.76. The molecule has 1 aliphatic rings. The van der Waals surface area contributed by atoms with E-state index in [9.17, 15) is 13.2 Å². The van der Waals surface area contributed by atoms with Gasteiger partial charge in [0.25, 0.3) is 0 Å². The van der Waals surface area contributed by atoms with Crippen molar-refractivity contribution >= 4 is 31.3 Å². The summed E-state index contributed by atoms with van der Waals surface area (Å²) in [6, 6.07) is 16.2. The summed E-state index contributed by atoms with van der Waals surface area (Å²) in [4.78, 5) is 13.5. The Morgan fingerprint density at radius 2 is 1.74 bits per heavy atom. The molecule has 0 aliphatic carbocycles. The maximum Gasteiger partial charge on any atom is 0.237 e. The van der Waals surface area contributed by atoms with Gasteiger partial charge in [0.1, 0.15) is 16.7 Å². The van der Waals surface area contributed by atoms with E-state index in [0.717, 1.165) is 0 Å². The number of hydrogen-bond donors (Lipinski definition) is 0. The number of carbonyl (C=O) groups is 1. The van der Waals surface area contributed by atoms with Crippen LogP contribution in [-0.4, -0.2) is 26.1 Å². The van der Waals surface area contributed by atoms with Gasteiger partial charge in [0.05, 0.1) is 0 Å². The summed E-state index contributed by atoms with van der Waals surface area (Å²) in [7, 11) is 1.61. The highest BCUT2D eigenvalue weighted by atomic mass is 35.7. The normalized spacial score (nSPS) is 18.2. The molecule has 1 amide bonds.